The molecule has 0 radical (unpaired) electrons. The van der Waals surface area contributed by atoms with Crippen LogP contribution in [0.5, 0.6) is 0 Å². The second kappa shape index (κ2) is 22.4. The molecule has 0 aliphatic rings. The predicted molar refractivity (Wildman–Crippen MR) is 401 cm³/mol. The van der Waals surface area contributed by atoms with E-state index in [0.717, 1.165) is 134 Å². The number of fused-ring (bicyclic) bond motifs is 12. The molecule has 0 aliphatic heterocycles. The van der Waals surface area contributed by atoms with Crippen molar-refractivity contribution in [2.75, 3.05) is 9.80 Å². The lowest BCUT2D eigenvalue weighted by Crippen LogP contribution is -2.10. The van der Waals surface area contributed by atoms with Crippen LogP contribution in [0.1, 0.15) is 0 Å². The van der Waals surface area contributed by atoms with Gasteiger partial charge in [-0.15, -0.1) is 0 Å². The molecule has 0 aliphatic carbocycles. The number of aromatic nitrogens is 2. The fourth-order valence-corrected chi connectivity index (χ4v) is 14.7. The SMILES string of the molecule is c1ccc(-n2c3ccccc3c3cc(-c4ccc(N(c5ccc(-c6ccc(N(c7ccc(-c8ccc9oc%10ccccc%10c9c8)cc7)c7ccc8c(c7)c7ccccc7n8-c7ccccc7)cc6)cc5)c5ccc(-c6ccc7oc8ccccc8c7c6)cc5)cc4)ccc32)cc1. The van der Waals surface area contributed by atoms with Crippen LogP contribution in [0.25, 0.3) is 143 Å². The fourth-order valence-electron chi connectivity index (χ4n) is 14.7. The van der Waals surface area contributed by atoms with E-state index in [0.29, 0.717) is 0 Å². The summed E-state index contributed by atoms with van der Waals surface area (Å²) in [6.45, 7) is 0. The molecule has 0 spiro atoms. The van der Waals surface area contributed by atoms with Gasteiger partial charge < -0.3 is 27.8 Å². The molecule has 0 N–H and O–H groups in total. The number of hydrogen-bond donors (Lipinski definition) is 0. The minimum atomic E-state index is 0.890. The van der Waals surface area contributed by atoms with Gasteiger partial charge in [0.25, 0.3) is 0 Å². The van der Waals surface area contributed by atoms with Crippen molar-refractivity contribution in [2.45, 2.75) is 0 Å². The largest absolute Gasteiger partial charge is 0.456 e. The molecular formula is C90H58N4O2. The minimum absolute atomic E-state index is 0.890. The molecule has 0 amide bonds. The summed E-state index contributed by atoms with van der Waals surface area (Å²) in [5.41, 5.74) is 26.0. The van der Waals surface area contributed by atoms with Crippen LogP contribution >= 0.6 is 0 Å². The number of benzene rings is 15. The Balaban J connectivity index is 0.676. The van der Waals surface area contributed by atoms with E-state index in [1.807, 2.05) is 24.3 Å². The summed E-state index contributed by atoms with van der Waals surface area (Å²) < 4.78 is 17.2. The first-order valence-electron chi connectivity index (χ1n) is 32.7. The summed E-state index contributed by atoms with van der Waals surface area (Å²) in [6, 6.07) is 127. The normalized spacial score (nSPS) is 11.8. The lowest BCUT2D eigenvalue weighted by atomic mass is 10.0. The van der Waals surface area contributed by atoms with Crippen molar-refractivity contribution in [3.63, 3.8) is 0 Å². The second-order valence-electron chi connectivity index (χ2n) is 24.8. The summed E-state index contributed by atoms with van der Waals surface area (Å²) in [4.78, 5) is 4.74. The van der Waals surface area contributed by atoms with Crippen molar-refractivity contribution in [1.82, 2.24) is 9.13 Å². The lowest BCUT2D eigenvalue weighted by molar-refractivity contribution is 0.668. The topological polar surface area (TPSA) is 42.6 Å². The Morgan fingerprint density at radius 3 is 0.865 bits per heavy atom. The molecule has 0 fully saturated rings. The van der Waals surface area contributed by atoms with Gasteiger partial charge in [0, 0.05) is 88.6 Å². The zero-order valence-electron chi connectivity index (χ0n) is 52.1. The van der Waals surface area contributed by atoms with Gasteiger partial charge in [-0.3, -0.25) is 0 Å². The highest BCUT2D eigenvalue weighted by Gasteiger charge is 2.21. The first-order valence-corrected chi connectivity index (χ1v) is 32.7. The first-order chi connectivity index (χ1) is 47.6. The average molecular weight is 1230 g/mol. The van der Waals surface area contributed by atoms with Crippen LogP contribution in [0.3, 0.4) is 0 Å². The Morgan fingerprint density at radius 2 is 0.448 bits per heavy atom. The van der Waals surface area contributed by atoms with Gasteiger partial charge in [0.05, 0.1) is 22.1 Å². The van der Waals surface area contributed by atoms with Gasteiger partial charge in [-0.1, -0.05) is 188 Å². The Labute approximate surface area is 553 Å². The molecule has 0 unspecified atom stereocenters. The minimum Gasteiger partial charge on any atom is -0.456 e. The maximum absolute atomic E-state index is 6.22. The highest BCUT2D eigenvalue weighted by atomic mass is 16.3. The summed E-state index contributed by atoms with van der Waals surface area (Å²) in [5, 5.41) is 9.33. The quantitative estimate of drug-likeness (QED) is 0.122. The van der Waals surface area contributed by atoms with E-state index >= 15 is 0 Å². The van der Waals surface area contributed by atoms with Gasteiger partial charge in [0.2, 0.25) is 0 Å². The van der Waals surface area contributed by atoms with E-state index in [2.05, 4.69) is 347 Å². The number of nitrogens with zero attached hydrogens (tertiary/aromatic N) is 4. The maximum atomic E-state index is 6.22. The smallest absolute Gasteiger partial charge is 0.135 e. The fraction of sp³-hybridized carbons (Fsp3) is 0. The molecule has 15 aromatic carbocycles. The molecule has 0 saturated heterocycles. The van der Waals surface area contributed by atoms with Crippen LogP contribution in [0.4, 0.5) is 34.1 Å². The first kappa shape index (κ1) is 54.8. The maximum Gasteiger partial charge on any atom is 0.135 e. The summed E-state index contributed by atoms with van der Waals surface area (Å²) >= 11 is 0. The van der Waals surface area contributed by atoms with Crippen molar-refractivity contribution >= 4 is 122 Å². The van der Waals surface area contributed by atoms with E-state index in [1.165, 1.54) is 43.7 Å². The van der Waals surface area contributed by atoms with Gasteiger partial charge >= 0.3 is 0 Å². The van der Waals surface area contributed by atoms with E-state index < -0.39 is 0 Å². The molecule has 4 aromatic heterocycles. The molecule has 450 valence electrons. The van der Waals surface area contributed by atoms with Crippen molar-refractivity contribution in [3.05, 3.63) is 352 Å². The van der Waals surface area contributed by atoms with Gasteiger partial charge in [-0.05, 0) is 208 Å². The predicted octanol–water partition coefficient (Wildman–Crippen LogP) is 25.3. The number of para-hydroxylation sites is 6. The van der Waals surface area contributed by atoms with Gasteiger partial charge in [0.1, 0.15) is 22.3 Å². The molecular weight excluding hydrogens is 1170 g/mol. The van der Waals surface area contributed by atoms with Crippen LogP contribution in [-0.2, 0) is 0 Å². The summed E-state index contributed by atoms with van der Waals surface area (Å²) in [5.74, 6) is 0. The third-order valence-electron chi connectivity index (χ3n) is 19.3. The molecule has 0 saturated carbocycles. The molecule has 96 heavy (non-hydrogen) atoms. The number of hydrogen-bond acceptors (Lipinski definition) is 4. The van der Waals surface area contributed by atoms with Gasteiger partial charge in [-0.25, -0.2) is 0 Å². The summed E-state index contributed by atoms with van der Waals surface area (Å²) in [6.07, 6.45) is 0. The summed E-state index contributed by atoms with van der Waals surface area (Å²) in [7, 11) is 0. The van der Waals surface area contributed by atoms with Crippen molar-refractivity contribution in [3.8, 4) is 55.9 Å². The molecule has 4 heterocycles. The number of furan rings is 2. The Kier molecular flexibility index (Phi) is 12.8. The third kappa shape index (κ3) is 9.26. The van der Waals surface area contributed by atoms with Gasteiger partial charge in [-0.2, -0.15) is 0 Å². The molecule has 6 nitrogen and oxygen atoms in total. The molecule has 19 aromatic rings. The average Bonchev–Trinajstić information content (AvgIpc) is 1.59. The Hall–Kier alpha value is -12.9. The molecule has 0 atom stereocenters. The molecule has 0 bridgehead atoms. The van der Waals surface area contributed by atoms with Crippen LogP contribution in [-0.4, -0.2) is 9.13 Å². The van der Waals surface area contributed by atoms with E-state index in [1.54, 1.807) is 0 Å². The van der Waals surface area contributed by atoms with E-state index in [4.69, 9.17) is 8.83 Å². The van der Waals surface area contributed by atoms with Crippen molar-refractivity contribution < 1.29 is 8.83 Å². The number of rotatable bonds is 12. The second-order valence-corrected chi connectivity index (χ2v) is 24.8. The van der Waals surface area contributed by atoms with Crippen LogP contribution in [0, 0.1) is 0 Å². The third-order valence-corrected chi connectivity index (χ3v) is 19.3. The zero-order chi connectivity index (χ0) is 63.2. The monoisotopic (exact) mass is 1230 g/mol. The zero-order valence-corrected chi connectivity index (χ0v) is 52.1. The van der Waals surface area contributed by atoms with Crippen LogP contribution < -0.4 is 9.80 Å². The van der Waals surface area contributed by atoms with E-state index in [9.17, 15) is 0 Å². The lowest BCUT2D eigenvalue weighted by Gasteiger charge is -2.27. The van der Waals surface area contributed by atoms with Crippen LogP contribution in [0.2, 0.25) is 0 Å². The molecule has 6 heteroatoms. The van der Waals surface area contributed by atoms with Crippen LogP contribution in [0.15, 0.2) is 361 Å². The van der Waals surface area contributed by atoms with E-state index in [-0.39, 0.29) is 0 Å². The highest BCUT2D eigenvalue weighted by molar-refractivity contribution is 6.13. The Bertz CT molecular complexity index is 6160. The molecule has 19 rings (SSSR count). The van der Waals surface area contributed by atoms with Crippen molar-refractivity contribution in [1.29, 1.82) is 0 Å². The standard InChI is InChI=1S/C90H58N4O2/c1-3-15-67(16-4-1)93-83-23-11-7-19-75(83)79-55-64(37-51-85(79)93)61-31-44-70(45-32-61)91(71-46-33-62(34-47-71)65-38-53-89-81(56-65)77-21-9-13-25-87(77)95-89)69-40-27-59(28-41-69)60-29-42-72(43-30-60)92(73-48-35-63(36-49-73)66-39-54-90-82(57-66)78-22-10-14-26-88(78)96-90)74-50-52-86-80(58-74)76-20-8-12-24-84(76)94(86)68-17-5-2-6-18-68/h1-58H. The van der Waals surface area contributed by atoms with Crippen molar-refractivity contribution in [2.24, 2.45) is 0 Å². The number of anilines is 6. The Morgan fingerprint density at radius 1 is 0.177 bits per heavy atom. The van der Waals surface area contributed by atoms with Gasteiger partial charge in [0.15, 0.2) is 0 Å². The highest BCUT2D eigenvalue weighted by Crippen LogP contribution is 2.44.